The molecule has 1 aliphatic rings. The zero-order valence-electron chi connectivity index (χ0n) is 13.1. The quantitative estimate of drug-likeness (QED) is 0.798. The summed E-state index contributed by atoms with van der Waals surface area (Å²) in [5.41, 5.74) is 0.707. The van der Waals surface area contributed by atoms with E-state index < -0.39 is 10.0 Å². The van der Waals surface area contributed by atoms with Gasteiger partial charge >= 0.3 is 0 Å². The van der Waals surface area contributed by atoms with E-state index in [-0.39, 0.29) is 26.8 Å². The van der Waals surface area contributed by atoms with Crippen molar-refractivity contribution in [2.45, 2.75) is 17.7 Å². The fourth-order valence-electron chi connectivity index (χ4n) is 2.63. The lowest BCUT2D eigenvalue weighted by Gasteiger charge is -2.16. The Balaban J connectivity index is 1.85. The Kier molecular flexibility index (Phi) is 5.17. The van der Waals surface area contributed by atoms with Crippen LogP contribution in [0.1, 0.15) is 23.2 Å². The molecule has 25 heavy (non-hydrogen) atoms. The first-order valence-electron chi connectivity index (χ1n) is 7.61. The monoisotopic (exact) mass is 399 g/mol. The van der Waals surface area contributed by atoms with Crippen molar-refractivity contribution in [3.05, 3.63) is 52.3 Å². The fraction of sp³-hybridized carbons (Fsp3) is 0.250. The van der Waals surface area contributed by atoms with Crippen LogP contribution in [0.15, 0.2) is 41.3 Å². The number of rotatable bonds is 4. The molecule has 9 heteroatoms. The van der Waals surface area contributed by atoms with Crippen LogP contribution in [0.3, 0.4) is 0 Å². The van der Waals surface area contributed by atoms with Crippen molar-refractivity contribution in [1.29, 1.82) is 0 Å². The van der Waals surface area contributed by atoms with E-state index in [0.717, 1.165) is 25.9 Å². The van der Waals surface area contributed by atoms with Gasteiger partial charge in [0.05, 0.1) is 0 Å². The Bertz CT molecular complexity index is 913. The van der Waals surface area contributed by atoms with Crippen LogP contribution in [0, 0.1) is 0 Å². The number of nitrogens with one attached hydrogen (secondary N) is 1. The number of pyridine rings is 1. The highest BCUT2D eigenvalue weighted by molar-refractivity contribution is 7.92. The number of likely N-dealkylation sites (tertiary alicyclic amines) is 1. The number of sulfonamides is 1. The molecule has 1 aromatic heterocycles. The molecule has 0 saturated carbocycles. The van der Waals surface area contributed by atoms with Crippen LogP contribution >= 0.6 is 23.2 Å². The molecule has 0 radical (unpaired) electrons. The predicted octanol–water partition coefficient (Wildman–Crippen LogP) is 3.43. The molecule has 3 rings (SSSR count). The smallest absolute Gasteiger partial charge is 0.264 e. The van der Waals surface area contributed by atoms with Crippen molar-refractivity contribution < 1.29 is 13.2 Å². The second-order valence-electron chi connectivity index (χ2n) is 5.61. The average molecular weight is 400 g/mol. The third kappa shape index (κ3) is 4.05. The number of nitrogens with zero attached hydrogens (tertiary/aromatic N) is 2. The maximum absolute atomic E-state index is 12.5. The van der Waals surface area contributed by atoms with Crippen LogP contribution in [-0.4, -0.2) is 37.3 Å². The molecule has 0 bridgehead atoms. The molecule has 0 aliphatic carbocycles. The maximum atomic E-state index is 12.5. The summed E-state index contributed by atoms with van der Waals surface area (Å²) in [6.45, 7) is 1.45. The van der Waals surface area contributed by atoms with E-state index >= 15 is 0 Å². The number of carbonyl (C=O) groups excluding carboxylic acids is 1. The van der Waals surface area contributed by atoms with Gasteiger partial charge in [-0.25, -0.2) is 13.4 Å². The van der Waals surface area contributed by atoms with Crippen molar-refractivity contribution >= 4 is 44.8 Å². The Morgan fingerprint density at radius 3 is 2.52 bits per heavy atom. The molecule has 0 atom stereocenters. The summed E-state index contributed by atoms with van der Waals surface area (Å²) in [7, 11) is -3.95. The number of hydrogen-bond acceptors (Lipinski definition) is 4. The van der Waals surface area contributed by atoms with E-state index in [9.17, 15) is 13.2 Å². The number of halogens is 2. The van der Waals surface area contributed by atoms with Crippen LogP contribution < -0.4 is 4.72 Å². The second kappa shape index (κ2) is 7.19. The van der Waals surface area contributed by atoms with E-state index in [1.54, 1.807) is 23.1 Å². The zero-order chi connectivity index (χ0) is 18.0. The Morgan fingerprint density at radius 1 is 1.12 bits per heavy atom. The summed E-state index contributed by atoms with van der Waals surface area (Å²) in [5, 5.41) is -0.119. The molecule has 1 aliphatic heterocycles. The highest BCUT2D eigenvalue weighted by Crippen LogP contribution is 2.24. The SMILES string of the molecule is O=C(c1cccc(NS(=O)(=O)c2ccc(Cl)nc2Cl)c1)N1CCCC1. The lowest BCUT2D eigenvalue weighted by atomic mass is 10.2. The van der Waals surface area contributed by atoms with Gasteiger partial charge in [0.1, 0.15) is 10.0 Å². The summed E-state index contributed by atoms with van der Waals surface area (Å²) in [6.07, 6.45) is 1.97. The van der Waals surface area contributed by atoms with Crippen LogP contribution in [0.5, 0.6) is 0 Å². The zero-order valence-corrected chi connectivity index (χ0v) is 15.4. The van der Waals surface area contributed by atoms with Crippen molar-refractivity contribution in [2.75, 3.05) is 17.8 Å². The summed E-state index contributed by atoms with van der Waals surface area (Å²) in [4.78, 5) is 17.7. The first-order chi connectivity index (χ1) is 11.9. The van der Waals surface area contributed by atoms with Crippen LogP contribution in [-0.2, 0) is 10.0 Å². The standard InChI is InChI=1S/C16H15Cl2N3O3S/c17-14-7-6-13(15(18)19-14)25(23,24)20-12-5-3-4-11(10-12)16(22)21-8-1-2-9-21/h3-7,10,20H,1-2,8-9H2. The van der Waals surface area contributed by atoms with Gasteiger partial charge in [0, 0.05) is 24.3 Å². The van der Waals surface area contributed by atoms with Crippen LogP contribution in [0.25, 0.3) is 0 Å². The Hall–Kier alpha value is -1.83. The molecular weight excluding hydrogens is 385 g/mol. The summed E-state index contributed by atoms with van der Waals surface area (Å²) >= 11 is 11.6. The molecule has 132 valence electrons. The molecule has 1 aromatic carbocycles. The molecule has 1 N–H and O–H groups in total. The van der Waals surface area contributed by atoms with E-state index in [0.29, 0.717) is 5.56 Å². The van der Waals surface area contributed by atoms with Gasteiger partial charge in [0.2, 0.25) is 0 Å². The molecule has 1 amide bonds. The lowest BCUT2D eigenvalue weighted by molar-refractivity contribution is 0.0793. The average Bonchev–Trinajstić information content (AvgIpc) is 3.08. The molecule has 2 heterocycles. The third-order valence-electron chi connectivity index (χ3n) is 3.83. The minimum Gasteiger partial charge on any atom is -0.339 e. The van der Waals surface area contributed by atoms with Crippen LogP contribution in [0.4, 0.5) is 5.69 Å². The summed E-state index contributed by atoms with van der Waals surface area (Å²) in [6, 6.07) is 8.98. The number of amides is 1. The normalized spacial score (nSPS) is 14.6. The van der Waals surface area contributed by atoms with Gasteiger partial charge in [-0.2, -0.15) is 0 Å². The summed E-state index contributed by atoms with van der Waals surface area (Å²) in [5.74, 6) is -0.107. The number of hydrogen-bond donors (Lipinski definition) is 1. The lowest BCUT2D eigenvalue weighted by Crippen LogP contribution is -2.27. The highest BCUT2D eigenvalue weighted by atomic mass is 35.5. The van der Waals surface area contributed by atoms with E-state index in [4.69, 9.17) is 23.2 Å². The molecule has 2 aromatic rings. The number of aromatic nitrogens is 1. The Morgan fingerprint density at radius 2 is 1.84 bits per heavy atom. The first-order valence-corrected chi connectivity index (χ1v) is 9.85. The Labute approximate surface area is 155 Å². The van der Waals surface area contributed by atoms with Gasteiger partial charge in [0.15, 0.2) is 5.15 Å². The van der Waals surface area contributed by atoms with Gasteiger partial charge in [-0.05, 0) is 43.2 Å². The molecular formula is C16H15Cl2N3O3S. The number of benzene rings is 1. The molecule has 0 unspecified atom stereocenters. The van der Waals surface area contributed by atoms with Gasteiger partial charge < -0.3 is 4.90 Å². The first kappa shape index (κ1) is 18.0. The van der Waals surface area contributed by atoms with Gasteiger partial charge in [-0.1, -0.05) is 29.3 Å². The number of carbonyl (C=O) groups is 1. The fourth-order valence-corrected chi connectivity index (χ4v) is 4.34. The largest absolute Gasteiger partial charge is 0.339 e. The second-order valence-corrected chi connectivity index (χ2v) is 8.00. The van der Waals surface area contributed by atoms with Gasteiger partial charge in [-0.15, -0.1) is 0 Å². The highest BCUT2D eigenvalue weighted by Gasteiger charge is 2.22. The van der Waals surface area contributed by atoms with Crippen molar-refractivity contribution in [2.24, 2.45) is 0 Å². The van der Waals surface area contributed by atoms with Crippen molar-refractivity contribution in [1.82, 2.24) is 9.88 Å². The number of anilines is 1. The van der Waals surface area contributed by atoms with Crippen molar-refractivity contribution in [3.8, 4) is 0 Å². The summed E-state index contributed by atoms with van der Waals surface area (Å²) < 4.78 is 27.4. The minimum atomic E-state index is -3.95. The van der Waals surface area contributed by atoms with Crippen molar-refractivity contribution in [3.63, 3.8) is 0 Å². The van der Waals surface area contributed by atoms with Crippen LogP contribution in [0.2, 0.25) is 10.3 Å². The minimum absolute atomic E-state index is 0.0992. The molecule has 0 spiro atoms. The van der Waals surface area contributed by atoms with E-state index in [1.807, 2.05) is 0 Å². The van der Waals surface area contributed by atoms with E-state index in [1.165, 1.54) is 18.2 Å². The molecule has 1 saturated heterocycles. The predicted molar refractivity (Wildman–Crippen MR) is 96.6 cm³/mol. The topological polar surface area (TPSA) is 79.4 Å². The molecule has 6 nitrogen and oxygen atoms in total. The third-order valence-corrected chi connectivity index (χ3v) is 5.85. The van der Waals surface area contributed by atoms with Gasteiger partial charge in [-0.3, -0.25) is 9.52 Å². The maximum Gasteiger partial charge on any atom is 0.264 e. The van der Waals surface area contributed by atoms with Gasteiger partial charge in [0.25, 0.3) is 15.9 Å². The molecule has 1 fully saturated rings. The van der Waals surface area contributed by atoms with E-state index in [2.05, 4.69) is 9.71 Å².